The molecule has 0 spiro atoms. The summed E-state index contributed by atoms with van der Waals surface area (Å²) < 4.78 is 17.1. The van der Waals surface area contributed by atoms with Crippen LogP contribution in [0.1, 0.15) is 33.6 Å². The molecule has 3 aliphatic rings. The molecule has 0 aromatic heterocycles. The predicted molar refractivity (Wildman–Crippen MR) is 122 cm³/mol. The van der Waals surface area contributed by atoms with Crippen LogP contribution in [0.25, 0.3) is 0 Å². The Morgan fingerprint density at radius 3 is 2.45 bits per heavy atom. The highest BCUT2D eigenvalue weighted by Gasteiger charge is 2.56. The first-order chi connectivity index (χ1) is 15.9. The van der Waals surface area contributed by atoms with Crippen molar-refractivity contribution in [3.63, 3.8) is 0 Å². The van der Waals surface area contributed by atoms with E-state index in [0.29, 0.717) is 43.6 Å². The smallest absolute Gasteiger partial charge is 0.325 e. The molecular formula is C23H32N4O6. The van der Waals surface area contributed by atoms with Gasteiger partial charge in [0.1, 0.15) is 23.6 Å². The maximum Gasteiger partial charge on any atom is 0.325 e. The van der Waals surface area contributed by atoms with Crippen molar-refractivity contribution in [2.75, 3.05) is 56.3 Å². The van der Waals surface area contributed by atoms with Crippen LogP contribution in [0.3, 0.4) is 0 Å². The van der Waals surface area contributed by atoms with Crippen molar-refractivity contribution < 1.29 is 28.6 Å². The number of carbonyl (C=O) groups excluding carboxylic acids is 3. The Balaban J connectivity index is 1.53. The van der Waals surface area contributed by atoms with Crippen LogP contribution in [0.5, 0.6) is 11.5 Å². The number of nitrogens with zero attached hydrogens (tertiary/aromatic N) is 2. The molecule has 2 saturated heterocycles. The van der Waals surface area contributed by atoms with E-state index < -0.39 is 17.5 Å². The number of benzene rings is 1. The molecule has 2 N–H and O–H groups in total. The summed E-state index contributed by atoms with van der Waals surface area (Å²) in [5.41, 5.74) is 0.380. The SMILES string of the molecule is CCOc1cc(N2CCOCC2)c(OCC)cc1NC(=O)CN1C(=O)N[C@@](C)(C2CC2)C1=O. The number of imide groups is 1. The van der Waals surface area contributed by atoms with E-state index in [1.807, 2.05) is 19.9 Å². The van der Waals surface area contributed by atoms with Crippen LogP contribution in [-0.2, 0) is 14.3 Å². The van der Waals surface area contributed by atoms with Gasteiger partial charge in [-0.05, 0) is 39.5 Å². The summed E-state index contributed by atoms with van der Waals surface area (Å²) in [5.74, 6) is 0.409. The van der Waals surface area contributed by atoms with Gasteiger partial charge in [0.25, 0.3) is 5.91 Å². The summed E-state index contributed by atoms with van der Waals surface area (Å²) in [7, 11) is 0. The number of anilines is 2. The third-order valence-corrected chi connectivity index (χ3v) is 6.28. The van der Waals surface area contributed by atoms with Crippen LogP contribution < -0.4 is 25.0 Å². The fraction of sp³-hybridized carbons (Fsp3) is 0.609. The monoisotopic (exact) mass is 460 g/mol. The fourth-order valence-electron chi connectivity index (χ4n) is 4.37. The first-order valence-corrected chi connectivity index (χ1v) is 11.6. The van der Waals surface area contributed by atoms with Gasteiger partial charge in [-0.15, -0.1) is 0 Å². The molecule has 10 nitrogen and oxygen atoms in total. The third kappa shape index (κ3) is 4.71. The Hall–Kier alpha value is -3.01. The van der Waals surface area contributed by atoms with E-state index in [-0.39, 0.29) is 18.4 Å². The highest BCUT2D eigenvalue weighted by Crippen LogP contribution is 2.43. The van der Waals surface area contributed by atoms with Crippen molar-refractivity contribution in [3.8, 4) is 11.5 Å². The number of hydrogen-bond acceptors (Lipinski definition) is 7. The number of hydrogen-bond donors (Lipinski definition) is 2. The zero-order valence-electron chi connectivity index (χ0n) is 19.4. The molecule has 10 heteroatoms. The van der Waals surface area contributed by atoms with Crippen molar-refractivity contribution >= 4 is 29.2 Å². The van der Waals surface area contributed by atoms with Crippen LogP contribution >= 0.6 is 0 Å². The molecule has 4 rings (SSSR count). The average Bonchev–Trinajstić information content (AvgIpc) is 3.62. The summed E-state index contributed by atoms with van der Waals surface area (Å²) in [6.07, 6.45) is 1.80. The van der Waals surface area contributed by atoms with E-state index in [4.69, 9.17) is 14.2 Å². The van der Waals surface area contributed by atoms with Crippen molar-refractivity contribution in [2.24, 2.45) is 5.92 Å². The summed E-state index contributed by atoms with van der Waals surface area (Å²) in [4.78, 5) is 41.2. The maximum absolute atomic E-state index is 12.9. The topological polar surface area (TPSA) is 109 Å². The minimum atomic E-state index is -0.921. The van der Waals surface area contributed by atoms with Gasteiger partial charge in [0.2, 0.25) is 5.91 Å². The van der Waals surface area contributed by atoms with Crippen LogP contribution in [0, 0.1) is 5.92 Å². The lowest BCUT2D eigenvalue weighted by atomic mass is 9.96. The predicted octanol–water partition coefficient (Wildman–Crippen LogP) is 1.98. The van der Waals surface area contributed by atoms with Crippen LogP contribution in [0.15, 0.2) is 12.1 Å². The molecule has 180 valence electrons. The molecule has 1 atom stereocenters. The van der Waals surface area contributed by atoms with Crippen LogP contribution in [0.2, 0.25) is 0 Å². The van der Waals surface area contributed by atoms with E-state index in [2.05, 4.69) is 15.5 Å². The summed E-state index contributed by atoms with van der Waals surface area (Å²) in [6, 6.07) is 3.05. The third-order valence-electron chi connectivity index (χ3n) is 6.28. The summed E-state index contributed by atoms with van der Waals surface area (Å²) in [5, 5.41) is 5.56. The quantitative estimate of drug-likeness (QED) is 0.542. The molecule has 33 heavy (non-hydrogen) atoms. The molecule has 1 aromatic rings. The first-order valence-electron chi connectivity index (χ1n) is 11.6. The van der Waals surface area contributed by atoms with Crippen molar-refractivity contribution in [1.29, 1.82) is 0 Å². The molecule has 2 heterocycles. The molecule has 0 radical (unpaired) electrons. The van der Waals surface area contributed by atoms with Gasteiger partial charge in [-0.1, -0.05) is 0 Å². The van der Waals surface area contributed by atoms with Gasteiger partial charge in [-0.3, -0.25) is 14.5 Å². The standard InChI is InChI=1S/C23H32N4O6/c1-4-32-18-13-17(26-8-10-31-11-9-26)19(33-5-2)12-16(18)24-20(28)14-27-21(29)23(3,15-6-7-15)25-22(27)30/h12-13,15H,4-11,14H2,1-3H3,(H,24,28)(H,25,30)/t23-/m0/s1. The molecule has 0 bridgehead atoms. The van der Waals surface area contributed by atoms with Gasteiger partial charge < -0.3 is 29.7 Å². The van der Waals surface area contributed by atoms with Crippen LogP contribution in [0.4, 0.5) is 16.2 Å². The minimum absolute atomic E-state index is 0.132. The molecule has 4 amide bonds. The zero-order chi connectivity index (χ0) is 23.6. The molecule has 1 saturated carbocycles. The van der Waals surface area contributed by atoms with E-state index in [1.165, 1.54) is 0 Å². The van der Waals surface area contributed by atoms with Gasteiger partial charge in [-0.2, -0.15) is 0 Å². The Labute approximate surface area is 193 Å². The second kappa shape index (κ2) is 9.46. The van der Waals surface area contributed by atoms with Gasteiger partial charge in [0, 0.05) is 25.2 Å². The number of ether oxygens (including phenoxy) is 3. The average molecular weight is 461 g/mol. The van der Waals surface area contributed by atoms with Crippen molar-refractivity contribution in [1.82, 2.24) is 10.2 Å². The van der Waals surface area contributed by atoms with Crippen molar-refractivity contribution in [3.05, 3.63) is 12.1 Å². The minimum Gasteiger partial charge on any atom is -0.492 e. The number of nitrogens with one attached hydrogen (secondary N) is 2. The maximum atomic E-state index is 12.9. The molecule has 2 aliphatic heterocycles. The second-order valence-corrected chi connectivity index (χ2v) is 8.63. The second-order valence-electron chi connectivity index (χ2n) is 8.63. The lowest BCUT2D eigenvalue weighted by Gasteiger charge is -2.31. The van der Waals surface area contributed by atoms with Gasteiger partial charge in [0.05, 0.1) is 37.8 Å². The van der Waals surface area contributed by atoms with E-state index in [1.54, 1.807) is 13.0 Å². The number of morpholine rings is 1. The first kappa shape index (κ1) is 23.2. The highest BCUT2D eigenvalue weighted by atomic mass is 16.5. The van der Waals surface area contributed by atoms with Gasteiger partial charge in [-0.25, -0.2) is 4.79 Å². The van der Waals surface area contributed by atoms with Crippen LogP contribution in [-0.4, -0.2) is 74.3 Å². The fourth-order valence-corrected chi connectivity index (χ4v) is 4.37. The Kier molecular flexibility index (Phi) is 6.64. The van der Waals surface area contributed by atoms with E-state index in [0.717, 1.165) is 36.5 Å². The number of urea groups is 1. The largest absolute Gasteiger partial charge is 0.492 e. The lowest BCUT2D eigenvalue weighted by Crippen LogP contribution is -2.46. The normalized spacial score (nSPS) is 22.9. The summed E-state index contributed by atoms with van der Waals surface area (Å²) >= 11 is 0. The Morgan fingerprint density at radius 1 is 1.15 bits per heavy atom. The van der Waals surface area contributed by atoms with E-state index >= 15 is 0 Å². The Morgan fingerprint density at radius 2 is 1.82 bits per heavy atom. The molecular weight excluding hydrogens is 428 g/mol. The highest BCUT2D eigenvalue weighted by molar-refractivity contribution is 6.10. The summed E-state index contributed by atoms with van der Waals surface area (Å²) in [6.45, 7) is 8.69. The molecule has 3 fully saturated rings. The van der Waals surface area contributed by atoms with Gasteiger partial charge in [0.15, 0.2) is 0 Å². The van der Waals surface area contributed by atoms with Crippen molar-refractivity contribution in [2.45, 2.75) is 39.2 Å². The van der Waals surface area contributed by atoms with E-state index in [9.17, 15) is 14.4 Å². The van der Waals surface area contributed by atoms with Gasteiger partial charge >= 0.3 is 6.03 Å². The number of rotatable bonds is 9. The molecule has 1 aromatic carbocycles. The number of carbonyl (C=O) groups is 3. The molecule has 1 aliphatic carbocycles. The number of amides is 4. The zero-order valence-corrected chi connectivity index (χ0v) is 19.4. The lowest BCUT2D eigenvalue weighted by molar-refractivity contribution is -0.134. The Bertz CT molecular complexity index is 928. The molecule has 0 unspecified atom stereocenters.